The van der Waals surface area contributed by atoms with Crippen molar-refractivity contribution in [2.75, 3.05) is 0 Å². The number of nitrogens with zero attached hydrogens (tertiary/aromatic N) is 1. The fraction of sp³-hybridized carbons (Fsp3) is 0.700. The number of aryl methyl sites for hydroxylation is 1. The smallest absolute Gasteiger partial charge is 0.0901 e. The molecule has 0 spiro atoms. The summed E-state index contributed by atoms with van der Waals surface area (Å²) < 4.78 is 0. The van der Waals surface area contributed by atoms with E-state index < -0.39 is 0 Å². The highest BCUT2D eigenvalue weighted by molar-refractivity contribution is 7.11. The van der Waals surface area contributed by atoms with Crippen LogP contribution in [-0.2, 0) is 5.54 Å². The van der Waals surface area contributed by atoms with Gasteiger partial charge in [-0.1, -0.05) is 0 Å². The maximum absolute atomic E-state index is 6.11. The van der Waals surface area contributed by atoms with Crippen LogP contribution in [0.1, 0.15) is 48.2 Å². The molecule has 2 rings (SSSR count). The van der Waals surface area contributed by atoms with Crippen molar-refractivity contribution in [3.8, 4) is 0 Å². The van der Waals surface area contributed by atoms with Gasteiger partial charge in [0.25, 0.3) is 0 Å². The molecule has 1 aliphatic carbocycles. The minimum absolute atomic E-state index is 0.218. The third-order valence-corrected chi connectivity index (χ3v) is 3.64. The van der Waals surface area contributed by atoms with Gasteiger partial charge in [-0.05, 0) is 33.6 Å². The summed E-state index contributed by atoms with van der Waals surface area (Å²) in [6.45, 7) is 6.18. The van der Waals surface area contributed by atoms with E-state index >= 15 is 0 Å². The van der Waals surface area contributed by atoms with E-state index in [0.29, 0.717) is 5.92 Å². The van der Waals surface area contributed by atoms with Crippen molar-refractivity contribution in [1.29, 1.82) is 0 Å². The third kappa shape index (κ3) is 1.76. The van der Waals surface area contributed by atoms with Crippen LogP contribution < -0.4 is 5.73 Å². The Bertz CT molecular complexity index is 318. The molecule has 1 heterocycles. The lowest BCUT2D eigenvalue weighted by molar-refractivity contribution is 0.558. The van der Waals surface area contributed by atoms with Crippen LogP contribution in [0.15, 0.2) is 0 Å². The summed E-state index contributed by atoms with van der Waals surface area (Å²) in [7, 11) is 0. The van der Waals surface area contributed by atoms with E-state index in [0.717, 1.165) is 5.01 Å². The second kappa shape index (κ2) is 2.79. The highest BCUT2D eigenvalue weighted by atomic mass is 32.1. The molecule has 0 aliphatic heterocycles. The van der Waals surface area contributed by atoms with E-state index in [2.05, 4.69) is 25.8 Å². The minimum Gasteiger partial charge on any atom is -0.321 e. The number of aromatic nitrogens is 1. The maximum Gasteiger partial charge on any atom is 0.0901 e. The van der Waals surface area contributed by atoms with Crippen LogP contribution in [-0.4, -0.2) is 4.98 Å². The van der Waals surface area contributed by atoms with Crippen molar-refractivity contribution < 1.29 is 0 Å². The highest BCUT2D eigenvalue weighted by Gasteiger charge is 2.33. The molecule has 1 aliphatic rings. The van der Waals surface area contributed by atoms with Gasteiger partial charge in [-0.3, -0.25) is 0 Å². The molecule has 0 aromatic carbocycles. The Balaban J connectivity index is 2.42. The molecule has 0 unspecified atom stereocenters. The second-order valence-electron chi connectivity index (χ2n) is 4.44. The van der Waals surface area contributed by atoms with Gasteiger partial charge in [-0.25, -0.2) is 4.98 Å². The Labute approximate surface area is 83.2 Å². The van der Waals surface area contributed by atoms with Crippen molar-refractivity contribution in [3.63, 3.8) is 0 Å². The van der Waals surface area contributed by atoms with Gasteiger partial charge in [0.2, 0.25) is 0 Å². The molecular formula is C10H16N2S. The molecule has 1 saturated carbocycles. The minimum atomic E-state index is -0.218. The van der Waals surface area contributed by atoms with E-state index in [1.165, 1.54) is 23.4 Å². The Kier molecular flexibility index (Phi) is 1.96. The molecule has 1 aromatic heterocycles. The predicted octanol–water partition coefficient (Wildman–Crippen LogP) is 2.52. The first-order valence-electron chi connectivity index (χ1n) is 4.75. The normalized spacial score (nSPS) is 17.8. The second-order valence-corrected chi connectivity index (χ2v) is 5.65. The first-order valence-corrected chi connectivity index (χ1v) is 5.57. The first-order chi connectivity index (χ1) is 5.98. The molecule has 2 N–H and O–H groups in total. The van der Waals surface area contributed by atoms with Gasteiger partial charge in [0.15, 0.2) is 0 Å². The molecule has 0 atom stereocenters. The molecule has 0 saturated heterocycles. The number of hydrogen-bond donors (Lipinski definition) is 1. The molecule has 0 amide bonds. The zero-order valence-corrected chi connectivity index (χ0v) is 9.24. The summed E-state index contributed by atoms with van der Waals surface area (Å²) >= 11 is 1.75. The van der Waals surface area contributed by atoms with Gasteiger partial charge in [-0.2, -0.15) is 0 Å². The standard InChI is InChI=1S/C10H16N2S/c1-6-12-8(7-4-5-7)9(13-6)10(2,3)11/h7H,4-5,11H2,1-3H3. The number of rotatable bonds is 2. The van der Waals surface area contributed by atoms with Crippen LogP contribution in [0.2, 0.25) is 0 Å². The van der Waals surface area contributed by atoms with Gasteiger partial charge >= 0.3 is 0 Å². The Morgan fingerprint density at radius 1 is 1.46 bits per heavy atom. The average molecular weight is 196 g/mol. The van der Waals surface area contributed by atoms with Crippen LogP contribution in [0.5, 0.6) is 0 Å². The highest BCUT2D eigenvalue weighted by Crippen LogP contribution is 2.44. The monoisotopic (exact) mass is 196 g/mol. The molecule has 72 valence electrons. The topological polar surface area (TPSA) is 38.9 Å². The van der Waals surface area contributed by atoms with Crippen LogP contribution in [0.25, 0.3) is 0 Å². The van der Waals surface area contributed by atoms with Crippen LogP contribution in [0.4, 0.5) is 0 Å². The maximum atomic E-state index is 6.11. The van der Waals surface area contributed by atoms with Crippen LogP contribution in [0.3, 0.4) is 0 Å². The predicted molar refractivity (Wildman–Crippen MR) is 56.0 cm³/mol. The molecular weight excluding hydrogens is 180 g/mol. The summed E-state index contributed by atoms with van der Waals surface area (Å²) in [5.41, 5.74) is 7.16. The number of hydrogen-bond acceptors (Lipinski definition) is 3. The molecule has 1 fully saturated rings. The van der Waals surface area contributed by atoms with Crippen molar-refractivity contribution in [2.45, 2.75) is 45.1 Å². The fourth-order valence-corrected chi connectivity index (χ4v) is 2.56. The largest absolute Gasteiger partial charge is 0.321 e. The number of thiazole rings is 1. The van der Waals surface area contributed by atoms with Crippen molar-refractivity contribution in [3.05, 3.63) is 15.6 Å². The van der Waals surface area contributed by atoms with Crippen LogP contribution >= 0.6 is 11.3 Å². The molecule has 0 radical (unpaired) electrons. The molecule has 13 heavy (non-hydrogen) atoms. The Morgan fingerprint density at radius 2 is 2.08 bits per heavy atom. The van der Waals surface area contributed by atoms with Gasteiger partial charge in [-0.15, -0.1) is 11.3 Å². The zero-order valence-electron chi connectivity index (χ0n) is 8.42. The Morgan fingerprint density at radius 3 is 2.54 bits per heavy atom. The van der Waals surface area contributed by atoms with Crippen molar-refractivity contribution >= 4 is 11.3 Å². The van der Waals surface area contributed by atoms with Crippen molar-refractivity contribution in [1.82, 2.24) is 4.98 Å². The molecule has 1 aromatic rings. The van der Waals surface area contributed by atoms with Gasteiger partial charge in [0.05, 0.1) is 10.7 Å². The summed E-state index contributed by atoms with van der Waals surface area (Å²) in [6, 6.07) is 0. The number of nitrogens with two attached hydrogens (primary N) is 1. The lowest BCUT2D eigenvalue weighted by atomic mass is 10.0. The lowest BCUT2D eigenvalue weighted by Crippen LogP contribution is -2.28. The molecule has 0 bridgehead atoms. The van der Waals surface area contributed by atoms with E-state index in [4.69, 9.17) is 5.73 Å². The molecule has 3 heteroatoms. The zero-order chi connectivity index (χ0) is 9.64. The van der Waals surface area contributed by atoms with E-state index in [1.807, 2.05) is 0 Å². The summed E-state index contributed by atoms with van der Waals surface area (Å²) in [5, 5.41) is 1.15. The summed E-state index contributed by atoms with van der Waals surface area (Å²) in [4.78, 5) is 5.86. The lowest BCUT2D eigenvalue weighted by Gasteiger charge is -2.17. The van der Waals surface area contributed by atoms with E-state index in [1.54, 1.807) is 11.3 Å². The SMILES string of the molecule is Cc1nc(C2CC2)c(C(C)(C)N)s1. The van der Waals surface area contributed by atoms with Gasteiger partial charge in [0.1, 0.15) is 0 Å². The average Bonchev–Trinajstić information content (AvgIpc) is 2.73. The van der Waals surface area contributed by atoms with E-state index in [9.17, 15) is 0 Å². The van der Waals surface area contributed by atoms with Gasteiger partial charge < -0.3 is 5.73 Å². The molecule has 2 nitrogen and oxygen atoms in total. The summed E-state index contributed by atoms with van der Waals surface area (Å²) in [5.74, 6) is 0.711. The van der Waals surface area contributed by atoms with E-state index in [-0.39, 0.29) is 5.54 Å². The third-order valence-electron chi connectivity index (χ3n) is 2.31. The first kappa shape index (κ1) is 9.16. The van der Waals surface area contributed by atoms with Crippen LogP contribution in [0, 0.1) is 6.92 Å². The summed E-state index contributed by atoms with van der Waals surface area (Å²) in [6.07, 6.45) is 2.60. The fourth-order valence-electron chi connectivity index (χ4n) is 1.54. The van der Waals surface area contributed by atoms with Crippen molar-refractivity contribution in [2.24, 2.45) is 5.73 Å². The van der Waals surface area contributed by atoms with Gasteiger partial charge in [0, 0.05) is 16.3 Å². The quantitative estimate of drug-likeness (QED) is 0.789. The Hall–Kier alpha value is -0.410.